The van der Waals surface area contributed by atoms with Crippen LogP contribution in [0.5, 0.6) is 0 Å². The highest BCUT2D eigenvalue weighted by Crippen LogP contribution is 2.22. The van der Waals surface area contributed by atoms with Gasteiger partial charge in [-0.05, 0) is 6.92 Å². The number of hydrogen-bond acceptors (Lipinski definition) is 7. The van der Waals surface area contributed by atoms with E-state index in [0.717, 1.165) is 6.34 Å². The monoisotopic (exact) mass is 313 g/mol. The molecular weight excluding hydrogens is 294 g/mol. The second-order valence-electron chi connectivity index (χ2n) is 4.90. The molecule has 10 nitrogen and oxygen atoms in total. The van der Waals surface area contributed by atoms with Crippen molar-refractivity contribution in [2.24, 2.45) is 17.8 Å². The summed E-state index contributed by atoms with van der Waals surface area (Å²) in [5, 5.41) is 30.9. The second kappa shape index (κ2) is 6.40. The highest BCUT2D eigenvalue weighted by Gasteiger charge is 2.43. The maximum Gasteiger partial charge on any atom is 0.275 e. The molecule has 1 amide bonds. The van der Waals surface area contributed by atoms with Gasteiger partial charge < -0.3 is 35.7 Å². The summed E-state index contributed by atoms with van der Waals surface area (Å²) in [6.45, 7) is 1.22. The SMILES string of the molecule is Cc1nc(C(=O)N[C@@H]2O[C@H](CO)[C@@H](O)[C@H]2O)c(N=CN)n1C. The Hall–Kier alpha value is -2.01. The van der Waals surface area contributed by atoms with E-state index >= 15 is 0 Å². The molecule has 122 valence electrons. The summed E-state index contributed by atoms with van der Waals surface area (Å²) in [5.41, 5.74) is 5.27. The van der Waals surface area contributed by atoms with Crippen LogP contribution in [0.25, 0.3) is 0 Å². The third-order valence-electron chi connectivity index (χ3n) is 3.52. The van der Waals surface area contributed by atoms with Gasteiger partial charge in [0.1, 0.15) is 24.1 Å². The number of amides is 1. The number of aliphatic hydroxyl groups excluding tert-OH is 3. The Labute approximate surface area is 126 Å². The van der Waals surface area contributed by atoms with Crippen LogP contribution in [0.15, 0.2) is 4.99 Å². The quantitative estimate of drug-likeness (QED) is 0.304. The fraction of sp³-hybridized carbons (Fsp3) is 0.583. The van der Waals surface area contributed by atoms with Crippen molar-refractivity contribution in [3.63, 3.8) is 0 Å². The van der Waals surface area contributed by atoms with Crippen molar-refractivity contribution in [3.8, 4) is 0 Å². The first-order valence-electron chi connectivity index (χ1n) is 6.61. The lowest BCUT2D eigenvalue weighted by molar-refractivity contribution is -0.0304. The molecule has 1 aromatic heterocycles. The summed E-state index contributed by atoms with van der Waals surface area (Å²) in [5.74, 6) is 0.162. The molecule has 2 heterocycles. The topological polar surface area (TPSA) is 155 Å². The number of carbonyl (C=O) groups is 1. The predicted molar refractivity (Wildman–Crippen MR) is 75.5 cm³/mol. The zero-order valence-corrected chi connectivity index (χ0v) is 12.2. The molecule has 4 atom stereocenters. The van der Waals surface area contributed by atoms with Crippen LogP contribution in [-0.2, 0) is 11.8 Å². The van der Waals surface area contributed by atoms with Gasteiger partial charge in [0.2, 0.25) is 0 Å². The largest absolute Gasteiger partial charge is 0.394 e. The molecule has 0 aliphatic carbocycles. The predicted octanol–water partition coefficient (Wildman–Crippen LogP) is -2.48. The molecule has 0 saturated carbocycles. The molecule has 6 N–H and O–H groups in total. The average molecular weight is 313 g/mol. The number of aromatic nitrogens is 2. The number of aliphatic imine (C=N–C) groups is 1. The van der Waals surface area contributed by atoms with Crippen molar-refractivity contribution >= 4 is 18.1 Å². The van der Waals surface area contributed by atoms with Gasteiger partial charge in [0.05, 0.1) is 12.9 Å². The van der Waals surface area contributed by atoms with Crippen LogP contribution in [0.4, 0.5) is 5.82 Å². The maximum atomic E-state index is 12.3. The third-order valence-corrected chi connectivity index (χ3v) is 3.52. The minimum Gasteiger partial charge on any atom is -0.394 e. The number of aryl methyl sites for hydroxylation is 1. The normalized spacial score (nSPS) is 28.4. The maximum absolute atomic E-state index is 12.3. The van der Waals surface area contributed by atoms with Crippen LogP contribution in [0.3, 0.4) is 0 Å². The molecule has 1 aromatic rings. The molecule has 0 spiro atoms. The van der Waals surface area contributed by atoms with Crippen molar-refractivity contribution in [1.82, 2.24) is 14.9 Å². The van der Waals surface area contributed by atoms with Crippen LogP contribution < -0.4 is 11.1 Å². The van der Waals surface area contributed by atoms with Crippen molar-refractivity contribution < 1.29 is 24.9 Å². The van der Waals surface area contributed by atoms with Gasteiger partial charge >= 0.3 is 0 Å². The van der Waals surface area contributed by atoms with E-state index in [2.05, 4.69) is 15.3 Å². The fourth-order valence-corrected chi connectivity index (χ4v) is 2.19. The Morgan fingerprint density at radius 1 is 1.55 bits per heavy atom. The molecule has 0 aromatic carbocycles. The smallest absolute Gasteiger partial charge is 0.275 e. The Balaban J connectivity index is 2.18. The molecule has 0 radical (unpaired) electrons. The van der Waals surface area contributed by atoms with Gasteiger partial charge in [0.25, 0.3) is 5.91 Å². The van der Waals surface area contributed by atoms with E-state index < -0.39 is 37.1 Å². The minimum absolute atomic E-state index is 0.0134. The first-order valence-corrected chi connectivity index (χ1v) is 6.61. The number of nitrogens with one attached hydrogen (secondary N) is 1. The first kappa shape index (κ1) is 16.4. The van der Waals surface area contributed by atoms with Crippen molar-refractivity contribution in [1.29, 1.82) is 0 Å². The molecular formula is C12H19N5O5. The van der Waals surface area contributed by atoms with Crippen molar-refractivity contribution in [2.75, 3.05) is 6.61 Å². The standard InChI is InChI=1S/C12H19N5O5/c1-5-15-7(10(14-4-13)17(5)2)11(21)16-12-9(20)8(19)6(3-18)22-12/h4,6,8-9,12,18-20H,3H2,1-2H3,(H2,13,14)(H,16,21)/t6-,8-,9-,12-/m1/s1. The van der Waals surface area contributed by atoms with Gasteiger partial charge in [0.15, 0.2) is 17.7 Å². The summed E-state index contributed by atoms with van der Waals surface area (Å²) in [6, 6.07) is 0. The Morgan fingerprint density at radius 2 is 2.23 bits per heavy atom. The Bertz CT molecular complexity index is 587. The van der Waals surface area contributed by atoms with E-state index in [1.54, 1.807) is 18.5 Å². The van der Waals surface area contributed by atoms with E-state index in [-0.39, 0.29) is 11.5 Å². The lowest BCUT2D eigenvalue weighted by atomic mass is 10.1. The summed E-state index contributed by atoms with van der Waals surface area (Å²) in [6.07, 6.45) is -3.72. The zero-order valence-electron chi connectivity index (χ0n) is 12.2. The number of aliphatic hydroxyl groups is 3. The lowest BCUT2D eigenvalue weighted by Gasteiger charge is -2.15. The van der Waals surface area contributed by atoms with E-state index in [0.29, 0.717) is 5.82 Å². The summed E-state index contributed by atoms with van der Waals surface area (Å²) < 4.78 is 6.76. The van der Waals surface area contributed by atoms with Gasteiger partial charge in [0, 0.05) is 7.05 Å². The number of nitrogens with zero attached hydrogens (tertiary/aromatic N) is 3. The summed E-state index contributed by atoms with van der Waals surface area (Å²) >= 11 is 0. The Morgan fingerprint density at radius 3 is 2.77 bits per heavy atom. The minimum atomic E-state index is -1.35. The molecule has 10 heteroatoms. The Kier molecular flexibility index (Phi) is 4.76. The second-order valence-corrected chi connectivity index (χ2v) is 4.90. The summed E-state index contributed by atoms with van der Waals surface area (Å²) in [7, 11) is 1.67. The molecule has 1 fully saturated rings. The number of ether oxygens (including phenoxy) is 1. The molecule has 1 saturated heterocycles. The van der Waals surface area contributed by atoms with Gasteiger partial charge in [-0.2, -0.15) is 0 Å². The highest BCUT2D eigenvalue weighted by molar-refractivity contribution is 5.97. The van der Waals surface area contributed by atoms with Crippen LogP contribution >= 0.6 is 0 Å². The highest BCUT2D eigenvalue weighted by atomic mass is 16.6. The van der Waals surface area contributed by atoms with E-state index in [1.165, 1.54) is 0 Å². The van der Waals surface area contributed by atoms with Crippen LogP contribution in [-0.4, -0.2) is 68.3 Å². The molecule has 0 bridgehead atoms. The summed E-state index contributed by atoms with van der Waals surface area (Å²) in [4.78, 5) is 20.2. The lowest BCUT2D eigenvalue weighted by Crippen LogP contribution is -2.44. The average Bonchev–Trinajstić information content (AvgIpc) is 2.92. The van der Waals surface area contributed by atoms with Crippen molar-refractivity contribution in [2.45, 2.75) is 31.5 Å². The van der Waals surface area contributed by atoms with Crippen molar-refractivity contribution in [3.05, 3.63) is 11.5 Å². The number of imidazole rings is 1. The molecule has 2 rings (SSSR count). The van der Waals surface area contributed by atoms with E-state index in [1.807, 2.05) is 0 Å². The molecule has 1 aliphatic rings. The van der Waals surface area contributed by atoms with E-state index in [4.69, 9.17) is 15.6 Å². The van der Waals surface area contributed by atoms with E-state index in [9.17, 15) is 15.0 Å². The molecule has 22 heavy (non-hydrogen) atoms. The number of hydrogen-bond donors (Lipinski definition) is 5. The van der Waals surface area contributed by atoms with Gasteiger partial charge in [-0.25, -0.2) is 9.98 Å². The number of nitrogens with two attached hydrogens (primary N) is 1. The molecule has 0 unspecified atom stereocenters. The van der Waals surface area contributed by atoms with Gasteiger partial charge in [-0.15, -0.1) is 0 Å². The fourth-order valence-electron chi connectivity index (χ4n) is 2.19. The zero-order chi connectivity index (χ0) is 16.4. The van der Waals surface area contributed by atoms with Crippen LogP contribution in [0.2, 0.25) is 0 Å². The van der Waals surface area contributed by atoms with Gasteiger partial charge in [-0.3, -0.25) is 4.79 Å². The third kappa shape index (κ3) is 2.81. The van der Waals surface area contributed by atoms with Gasteiger partial charge in [-0.1, -0.05) is 0 Å². The molecule has 1 aliphatic heterocycles. The van der Waals surface area contributed by atoms with Crippen LogP contribution in [0.1, 0.15) is 16.3 Å². The first-order chi connectivity index (χ1) is 10.4. The number of rotatable bonds is 4. The van der Waals surface area contributed by atoms with Crippen LogP contribution in [0, 0.1) is 6.92 Å². The number of carbonyl (C=O) groups excluding carboxylic acids is 1.